The number of carbonyl (C=O) groups is 2. The van der Waals surface area contributed by atoms with Gasteiger partial charge in [-0.05, 0) is 99.3 Å². The normalized spacial score (nSPS) is 14.1. The average molecular weight is 948 g/mol. The summed E-state index contributed by atoms with van der Waals surface area (Å²) in [6, 6.07) is 20.3. The largest absolute Gasteiger partial charge is 0.434 e. The summed E-state index contributed by atoms with van der Waals surface area (Å²) in [4.78, 5) is 61.4. The number of amides is 2. The number of hydrogen-bond acceptors (Lipinski definition) is 9. The standard InChI is InChI=1S/C52H52F3N13O2/c1-29(2)43-36(10-9-20-56-43)46-47-51(70)66(35-14-11-33(12-15-35)48-61-42(28-63(48)8)52(53,54)55)24-25-67(47)49(62-46)39-18-16-37(44(60-39)30(3)4)45-41-27-64(22-23-65(41)32(7)59-45)50(69)34-13-17-38(57-26-34)40-19-21-58-68(40)31(5)6/h9-21,26,28-31H,22-25,27H2,1-8H3. The van der Waals surface area contributed by atoms with E-state index in [0.29, 0.717) is 72.4 Å². The van der Waals surface area contributed by atoms with E-state index in [-0.39, 0.29) is 35.5 Å². The number of pyridine rings is 3. The first-order valence-corrected chi connectivity index (χ1v) is 23.4. The van der Waals surface area contributed by atoms with Gasteiger partial charge >= 0.3 is 6.18 Å². The van der Waals surface area contributed by atoms with Crippen molar-refractivity contribution in [3.8, 4) is 56.8 Å². The van der Waals surface area contributed by atoms with Gasteiger partial charge in [-0.2, -0.15) is 18.3 Å². The zero-order valence-electron chi connectivity index (χ0n) is 40.2. The Morgan fingerprint density at radius 2 is 1.44 bits per heavy atom. The van der Waals surface area contributed by atoms with E-state index in [2.05, 4.69) is 47.3 Å². The molecule has 0 spiro atoms. The molecule has 15 nitrogen and oxygen atoms in total. The second-order valence-corrected chi connectivity index (χ2v) is 18.7. The Morgan fingerprint density at radius 3 is 2.13 bits per heavy atom. The van der Waals surface area contributed by atoms with Gasteiger partial charge in [-0.25, -0.2) is 19.9 Å². The monoisotopic (exact) mass is 947 g/mol. The van der Waals surface area contributed by atoms with Gasteiger partial charge in [-0.1, -0.05) is 27.7 Å². The van der Waals surface area contributed by atoms with Crippen molar-refractivity contribution in [3.63, 3.8) is 0 Å². The molecule has 0 saturated carbocycles. The van der Waals surface area contributed by atoms with Gasteiger partial charge in [0.25, 0.3) is 11.8 Å². The average Bonchev–Trinajstić information content (AvgIpc) is 4.16. The molecule has 0 N–H and O–H groups in total. The minimum atomic E-state index is -4.58. The second kappa shape index (κ2) is 17.6. The fraction of sp³-hybridized carbons (Fsp3) is 0.327. The molecular weight excluding hydrogens is 896 g/mol. The quantitative estimate of drug-likeness (QED) is 0.131. The van der Waals surface area contributed by atoms with E-state index in [1.807, 2.05) is 77.4 Å². The minimum Gasteiger partial charge on any atom is -0.333 e. The van der Waals surface area contributed by atoms with Crippen LogP contribution in [0, 0.1) is 6.92 Å². The fourth-order valence-corrected chi connectivity index (χ4v) is 9.65. The number of carbonyl (C=O) groups excluding carboxylic acids is 2. The molecular formula is C52H52F3N13O2. The van der Waals surface area contributed by atoms with E-state index in [9.17, 15) is 22.8 Å². The molecule has 0 unspecified atom stereocenters. The summed E-state index contributed by atoms with van der Waals surface area (Å²) in [5, 5.41) is 4.43. The molecule has 1 aromatic carbocycles. The number of alkyl halides is 3. The van der Waals surface area contributed by atoms with Crippen molar-refractivity contribution in [2.45, 2.75) is 92.2 Å². The number of aromatic nitrogens is 11. The van der Waals surface area contributed by atoms with Gasteiger partial charge in [-0.3, -0.25) is 24.2 Å². The highest BCUT2D eigenvalue weighted by Crippen LogP contribution is 2.40. The summed E-state index contributed by atoms with van der Waals surface area (Å²) in [6.07, 6.45) is 1.51. The first-order chi connectivity index (χ1) is 33.5. The van der Waals surface area contributed by atoms with E-state index >= 15 is 0 Å². The maximum absolute atomic E-state index is 14.9. The van der Waals surface area contributed by atoms with Gasteiger partial charge in [0.05, 0.1) is 46.3 Å². The molecule has 9 heterocycles. The highest BCUT2D eigenvalue weighted by molar-refractivity contribution is 6.10. The van der Waals surface area contributed by atoms with Crippen LogP contribution >= 0.6 is 0 Å². The molecule has 0 bridgehead atoms. The van der Waals surface area contributed by atoms with Crippen LogP contribution in [0.3, 0.4) is 0 Å². The lowest BCUT2D eigenvalue weighted by Crippen LogP contribution is -2.40. The van der Waals surface area contributed by atoms with Gasteiger partial charge < -0.3 is 23.5 Å². The molecule has 0 saturated heterocycles. The van der Waals surface area contributed by atoms with Crippen molar-refractivity contribution in [1.82, 2.24) is 58.3 Å². The second-order valence-electron chi connectivity index (χ2n) is 18.7. The van der Waals surface area contributed by atoms with E-state index in [1.54, 1.807) is 47.8 Å². The van der Waals surface area contributed by atoms with E-state index in [4.69, 9.17) is 19.9 Å². The number of imidazole rings is 3. The molecule has 0 fully saturated rings. The van der Waals surface area contributed by atoms with Gasteiger partial charge in [-0.15, -0.1) is 0 Å². The van der Waals surface area contributed by atoms with Crippen LogP contribution in [0.15, 0.2) is 91.5 Å². The molecule has 0 atom stereocenters. The molecule has 2 amide bonds. The van der Waals surface area contributed by atoms with Crippen molar-refractivity contribution < 1.29 is 22.8 Å². The number of benzene rings is 1. The zero-order valence-corrected chi connectivity index (χ0v) is 40.2. The first-order valence-electron chi connectivity index (χ1n) is 23.4. The van der Waals surface area contributed by atoms with Gasteiger partial charge in [0, 0.05) is 86.4 Å². The molecule has 10 rings (SSSR count). The molecule has 8 aromatic rings. The predicted molar refractivity (Wildman–Crippen MR) is 259 cm³/mol. The Kier molecular flexibility index (Phi) is 11.6. The zero-order chi connectivity index (χ0) is 49.3. The van der Waals surface area contributed by atoms with Gasteiger partial charge in [0.2, 0.25) is 0 Å². The topological polar surface area (TPSA) is 151 Å². The molecule has 2 aliphatic heterocycles. The maximum Gasteiger partial charge on any atom is 0.434 e. The third kappa shape index (κ3) is 8.03. The SMILES string of the molecule is Cc1nc(-c2ccc(-c3nc(-c4cccnc4C(C)C)c4n3CCN(c3ccc(-c5nc(C(F)(F)F)cn5C)cc3)C4=O)nc2C(C)C)c2n1CCN(C(=O)c1ccc(-c3ccnn3C(C)C)nc1)C2. The summed E-state index contributed by atoms with van der Waals surface area (Å²) >= 11 is 0. The summed E-state index contributed by atoms with van der Waals surface area (Å²) in [6.45, 7) is 16.5. The van der Waals surface area contributed by atoms with Crippen LogP contribution in [-0.2, 0) is 32.9 Å². The third-order valence-corrected chi connectivity index (χ3v) is 13.1. The molecule has 18 heteroatoms. The van der Waals surface area contributed by atoms with Gasteiger partial charge in [0.15, 0.2) is 11.5 Å². The predicted octanol–water partition coefficient (Wildman–Crippen LogP) is 10.0. The number of aryl methyl sites for hydroxylation is 2. The van der Waals surface area contributed by atoms with Crippen LogP contribution in [0.5, 0.6) is 0 Å². The van der Waals surface area contributed by atoms with E-state index < -0.39 is 11.9 Å². The van der Waals surface area contributed by atoms with Crippen molar-refractivity contribution >= 4 is 17.5 Å². The number of rotatable bonds is 10. The van der Waals surface area contributed by atoms with E-state index in [1.165, 1.54) is 11.6 Å². The number of nitrogens with zero attached hydrogens (tertiary/aromatic N) is 13. The summed E-state index contributed by atoms with van der Waals surface area (Å²) in [5.41, 5.74) is 8.52. The van der Waals surface area contributed by atoms with Crippen molar-refractivity contribution in [2.24, 2.45) is 7.05 Å². The lowest BCUT2D eigenvalue weighted by molar-refractivity contribution is -0.140. The van der Waals surface area contributed by atoms with Crippen LogP contribution in [0.4, 0.5) is 18.9 Å². The highest BCUT2D eigenvalue weighted by atomic mass is 19.4. The Hall–Kier alpha value is -7.76. The Balaban J connectivity index is 0.985. The van der Waals surface area contributed by atoms with E-state index in [0.717, 1.165) is 57.3 Å². The molecule has 7 aromatic heterocycles. The van der Waals surface area contributed by atoms with Crippen LogP contribution < -0.4 is 4.90 Å². The van der Waals surface area contributed by atoms with Crippen molar-refractivity contribution in [1.29, 1.82) is 0 Å². The number of halogens is 3. The highest BCUT2D eigenvalue weighted by Gasteiger charge is 2.37. The summed E-state index contributed by atoms with van der Waals surface area (Å²) in [7, 11) is 1.52. The van der Waals surface area contributed by atoms with Gasteiger partial charge in [0.1, 0.15) is 28.7 Å². The number of hydrogen-bond donors (Lipinski definition) is 0. The Morgan fingerprint density at radius 1 is 0.714 bits per heavy atom. The fourth-order valence-electron chi connectivity index (χ4n) is 9.65. The molecule has 0 radical (unpaired) electrons. The third-order valence-electron chi connectivity index (χ3n) is 13.1. The lowest BCUT2D eigenvalue weighted by atomic mass is 9.99. The minimum absolute atomic E-state index is 0.0204. The van der Waals surface area contributed by atoms with Crippen LogP contribution in [0.2, 0.25) is 0 Å². The Labute approximate surface area is 402 Å². The van der Waals surface area contributed by atoms with Crippen molar-refractivity contribution in [2.75, 3.05) is 18.0 Å². The van der Waals surface area contributed by atoms with Crippen LogP contribution in [-0.4, -0.2) is 83.2 Å². The van der Waals surface area contributed by atoms with Crippen LogP contribution in [0.1, 0.15) is 109 Å². The molecule has 358 valence electrons. The summed E-state index contributed by atoms with van der Waals surface area (Å²) in [5.74, 6) is 1.11. The van der Waals surface area contributed by atoms with Crippen LogP contribution in [0.25, 0.3) is 56.8 Å². The number of anilines is 1. The molecule has 70 heavy (non-hydrogen) atoms. The molecule has 2 aliphatic rings. The first kappa shape index (κ1) is 46.0. The summed E-state index contributed by atoms with van der Waals surface area (Å²) < 4.78 is 47.8. The Bertz CT molecular complexity index is 3300. The number of fused-ring (bicyclic) bond motifs is 2. The smallest absolute Gasteiger partial charge is 0.333 e. The maximum atomic E-state index is 14.9. The molecule has 0 aliphatic carbocycles. The van der Waals surface area contributed by atoms with Crippen molar-refractivity contribution in [3.05, 3.63) is 131 Å². The lowest BCUT2D eigenvalue weighted by Gasteiger charge is -2.30.